The fourth-order valence-electron chi connectivity index (χ4n) is 3.52. The van der Waals surface area contributed by atoms with Gasteiger partial charge in [-0.2, -0.15) is 0 Å². The van der Waals surface area contributed by atoms with E-state index >= 15 is 0 Å². The van der Waals surface area contributed by atoms with Gasteiger partial charge in [-0.3, -0.25) is 9.59 Å². The highest BCUT2D eigenvalue weighted by Gasteiger charge is 2.28. The summed E-state index contributed by atoms with van der Waals surface area (Å²) in [5, 5.41) is 2.95. The van der Waals surface area contributed by atoms with Gasteiger partial charge in [0.15, 0.2) is 0 Å². The van der Waals surface area contributed by atoms with Gasteiger partial charge in [-0.05, 0) is 30.5 Å². The second-order valence-electron chi connectivity index (χ2n) is 7.35. The van der Waals surface area contributed by atoms with Crippen LogP contribution in [-0.2, 0) is 9.59 Å². The molecule has 0 saturated carbocycles. The minimum Gasteiger partial charge on any atom is -0.493 e. The van der Waals surface area contributed by atoms with Crippen LogP contribution in [0.15, 0.2) is 60.7 Å². The summed E-state index contributed by atoms with van der Waals surface area (Å²) in [6.07, 6.45) is 1.92. The number of nitrogens with one attached hydrogen (secondary N) is 1. The van der Waals surface area contributed by atoms with Crippen molar-refractivity contribution in [3.63, 3.8) is 0 Å². The smallest absolute Gasteiger partial charge is 0.226 e. The van der Waals surface area contributed by atoms with Crippen molar-refractivity contribution in [2.75, 3.05) is 26.2 Å². The SMILES string of the molecule is NC(CNC(=O)C1CCCN(C(=O)CCOc2ccccc2)C1)c1ccccc1. The molecule has 1 fully saturated rings. The van der Waals surface area contributed by atoms with Crippen molar-refractivity contribution in [2.24, 2.45) is 11.7 Å². The summed E-state index contributed by atoms with van der Waals surface area (Å²) in [6, 6.07) is 18.9. The topological polar surface area (TPSA) is 84.7 Å². The van der Waals surface area contributed by atoms with Gasteiger partial charge in [0.2, 0.25) is 11.8 Å². The molecular weight excluding hydrogens is 366 g/mol. The zero-order valence-corrected chi connectivity index (χ0v) is 16.6. The maximum atomic E-state index is 12.6. The number of para-hydroxylation sites is 1. The van der Waals surface area contributed by atoms with E-state index in [0.717, 1.165) is 24.2 Å². The van der Waals surface area contributed by atoms with Crippen molar-refractivity contribution in [3.8, 4) is 5.75 Å². The van der Waals surface area contributed by atoms with Crippen LogP contribution in [0.3, 0.4) is 0 Å². The maximum absolute atomic E-state index is 12.6. The van der Waals surface area contributed by atoms with Crippen molar-refractivity contribution < 1.29 is 14.3 Å². The van der Waals surface area contributed by atoms with Gasteiger partial charge < -0.3 is 20.7 Å². The molecule has 2 unspecified atom stereocenters. The van der Waals surface area contributed by atoms with E-state index in [1.165, 1.54) is 0 Å². The Kier molecular flexibility index (Phi) is 7.64. The lowest BCUT2D eigenvalue weighted by molar-refractivity contribution is -0.136. The van der Waals surface area contributed by atoms with Crippen LogP contribution in [0.1, 0.15) is 30.9 Å². The Labute approximate surface area is 172 Å². The van der Waals surface area contributed by atoms with Crippen LogP contribution < -0.4 is 15.8 Å². The van der Waals surface area contributed by atoms with Crippen molar-refractivity contribution in [1.82, 2.24) is 10.2 Å². The van der Waals surface area contributed by atoms with E-state index in [-0.39, 0.29) is 23.8 Å². The number of piperidine rings is 1. The van der Waals surface area contributed by atoms with Crippen molar-refractivity contribution in [1.29, 1.82) is 0 Å². The number of nitrogens with zero attached hydrogens (tertiary/aromatic N) is 1. The Hall–Kier alpha value is -2.86. The van der Waals surface area contributed by atoms with Gasteiger partial charge in [0.25, 0.3) is 0 Å². The number of ether oxygens (including phenoxy) is 1. The van der Waals surface area contributed by atoms with Crippen LogP contribution in [0.2, 0.25) is 0 Å². The average Bonchev–Trinajstić information content (AvgIpc) is 2.78. The number of hydrogen-bond acceptors (Lipinski definition) is 4. The quantitative estimate of drug-likeness (QED) is 0.719. The number of amides is 2. The van der Waals surface area contributed by atoms with Crippen LogP contribution in [0.4, 0.5) is 0 Å². The Morgan fingerprint density at radius 3 is 2.52 bits per heavy atom. The number of rotatable bonds is 8. The molecule has 1 aliphatic rings. The maximum Gasteiger partial charge on any atom is 0.226 e. The highest BCUT2D eigenvalue weighted by Crippen LogP contribution is 2.18. The third kappa shape index (κ3) is 6.32. The van der Waals surface area contributed by atoms with E-state index < -0.39 is 0 Å². The summed E-state index contributed by atoms with van der Waals surface area (Å²) in [5.74, 6) is 0.561. The van der Waals surface area contributed by atoms with Gasteiger partial charge in [-0.1, -0.05) is 48.5 Å². The number of likely N-dealkylation sites (tertiary alicyclic amines) is 1. The molecule has 0 spiro atoms. The molecule has 3 rings (SSSR count). The van der Waals surface area contributed by atoms with Crippen molar-refractivity contribution >= 4 is 11.8 Å². The first-order chi connectivity index (χ1) is 14.1. The Morgan fingerprint density at radius 1 is 1.10 bits per heavy atom. The van der Waals surface area contributed by atoms with E-state index in [1.807, 2.05) is 60.7 Å². The van der Waals surface area contributed by atoms with Gasteiger partial charge in [0.1, 0.15) is 5.75 Å². The van der Waals surface area contributed by atoms with E-state index in [1.54, 1.807) is 4.90 Å². The molecular formula is C23H29N3O3. The summed E-state index contributed by atoms with van der Waals surface area (Å²) in [6.45, 7) is 1.87. The van der Waals surface area contributed by atoms with Crippen LogP contribution >= 0.6 is 0 Å². The Morgan fingerprint density at radius 2 is 1.79 bits per heavy atom. The third-order valence-corrected chi connectivity index (χ3v) is 5.20. The molecule has 3 N–H and O–H groups in total. The molecule has 0 bridgehead atoms. The normalized spacial score (nSPS) is 17.4. The van der Waals surface area contributed by atoms with E-state index in [0.29, 0.717) is 32.7 Å². The monoisotopic (exact) mass is 395 g/mol. The lowest BCUT2D eigenvalue weighted by Crippen LogP contribution is -2.46. The molecule has 29 heavy (non-hydrogen) atoms. The molecule has 6 nitrogen and oxygen atoms in total. The van der Waals surface area contributed by atoms with Gasteiger partial charge in [-0.15, -0.1) is 0 Å². The molecule has 0 radical (unpaired) electrons. The second-order valence-corrected chi connectivity index (χ2v) is 7.35. The minimum absolute atomic E-state index is 0.0272. The molecule has 0 aliphatic carbocycles. The molecule has 154 valence electrons. The molecule has 2 aromatic carbocycles. The Balaban J connectivity index is 1.41. The first kappa shape index (κ1) is 20.9. The summed E-state index contributed by atoms with van der Waals surface area (Å²) in [7, 11) is 0. The number of carbonyl (C=O) groups is 2. The molecule has 1 aliphatic heterocycles. The van der Waals surface area contributed by atoms with Crippen LogP contribution in [0.5, 0.6) is 5.75 Å². The van der Waals surface area contributed by atoms with E-state index in [4.69, 9.17) is 10.5 Å². The highest BCUT2D eigenvalue weighted by molar-refractivity contribution is 5.81. The lowest BCUT2D eigenvalue weighted by atomic mass is 9.96. The van der Waals surface area contributed by atoms with E-state index in [9.17, 15) is 9.59 Å². The Bertz CT molecular complexity index is 782. The van der Waals surface area contributed by atoms with Gasteiger partial charge >= 0.3 is 0 Å². The summed E-state index contributed by atoms with van der Waals surface area (Å²) in [5.41, 5.74) is 7.15. The lowest BCUT2D eigenvalue weighted by Gasteiger charge is -2.32. The number of hydrogen-bond donors (Lipinski definition) is 2. The van der Waals surface area contributed by atoms with Crippen molar-refractivity contribution in [3.05, 3.63) is 66.2 Å². The third-order valence-electron chi connectivity index (χ3n) is 5.20. The average molecular weight is 396 g/mol. The number of benzene rings is 2. The van der Waals surface area contributed by atoms with Crippen LogP contribution in [0, 0.1) is 5.92 Å². The predicted molar refractivity (Wildman–Crippen MR) is 112 cm³/mol. The summed E-state index contributed by atoms with van der Waals surface area (Å²) < 4.78 is 5.61. The molecule has 2 aromatic rings. The fourth-order valence-corrected chi connectivity index (χ4v) is 3.52. The zero-order chi connectivity index (χ0) is 20.5. The molecule has 0 aromatic heterocycles. The second kappa shape index (κ2) is 10.6. The molecule has 1 saturated heterocycles. The van der Waals surface area contributed by atoms with E-state index in [2.05, 4.69) is 5.32 Å². The summed E-state index contributed by atoms with van der Waals surface area (Å²) in [4.78, 5) is 26.9. The highest BCUT2D eigenvalue weighted by atomic mass is 16.5. The van der Waals surface area contributed by atoms with Crippen molar-refractivity contribution in [2.45, 2.75) is 25.3 Å². The van der Waals surface area contributed by atoms with Gasteiger partial charge in [0, 0.05) is 25.7 Å². The van der Waals surface area contributed by atoms with Gasteiger partial charge in [-0.25, -0.2) is 0 Å². The fraction of sp³-hybridized carbons (Fsp3) is 0.391. The largest absolute Gasteiger partial charge is 0.493 e. The molecule has 6 heteroatoms. The zero-order valence-electron chi connectivity index (χ0n) is 16.6. The number of nitrogens with two attached hydrogens (primary N) is 1. The van der Waals surface area contributed by atoms with Crippen LogP contribution in [0.25, 0.3) is 0 Å². The first-order valence-corrected chi connectivity index (χ1v) is 10.2. The van der Waals surface area contributed by atoms with Crippen LogP contribution in [-0.4, -0.2) is 43.0 Å². The summed E-state index contributed by atoms with van der Waals surface area (Å²) >= 11 is 0. The number of carbonyl (C=O) groups excluding carboxylic acids is 2. The molecule has 2 amide bonds. The first-order valence-electron chi connectivity index (χ1n) is 10.2. The minimum atomic E-state index is -0.239. The molecule has 2 atom stereocenters. The standard InChI is InChI=1S/C23H29N3O3/c24-21(18-8-3-1-4-9-18)16-25-23(28)19-10-7-14-26(17-19)22(27)13-15-29-20-11-5-2-6-12-20/h1-6,8-9,11-12,19,21H,7,10,13-17,24H2,(H,25,28). The van der Waals surface area contributed by atoms with Gasteiger partial charge in [0.05, 0.1) is 18.9 Å². The predicted octanol–water partition coefficient (Wildman–Crippen LogP) is 2.51. The molecule has 1 heterocycles.